The number of allylic oxidation sites excluding steroid dienone is 16. The van der Waals surface area contributed by atoms with E-state index in [2.05, 4.69) is 99.8 Å². The number of hydrogen-bond acceptors (Lipinski definition) is 11. The van der Waals surface area contributed by atoms with E-state index in [1.54, 1.807) is 0 Å². The van der Waals surface area contributed by atoms with Crippen molar-refractivity contribution in [1.82, 2.24) is 0 Å². The zero-order valence-electron chi connectivity index (χ0n) is 41.1. The van der Waals surface area contributed by atoms with Gasteiger partial charge in [0, 0.05) is 19.3 Å². The van der Waals surface area contributed by atoms with Crippen molar-refractivity contribution in [2.45, 2.75) is 212 Å². The van der Waals surface area contributed by atoms with Crippen molar-refractivity contribution >= 4 is 23.9 Å². The summed E-state index contributed by atoms with van der Waals surface area (Å²) in [6.45, 7) is 5.62. The van der Waals surface area contributed by atoms with Crippen LogP contribution in [0.4, 0.5) is 0 Å². The summed E-state index contributed by atoms with van der Waals surface area (Å²) < 4.78 is 28.1. The van der Waals surface area contributed by atoms with Gasteiger partial charge < -0.3 is 39.0 Å². The zero-order valence-corrected chi connectivity index (χ0v) is 41.1. The molecule has 0 bridgehead atoms. The lowest BCUT2D eigenvalue weighted by Gasteiger charge is -2.40. The second-order valence-corrected chi connectivity index (χ2v) is 16.7. The lowest BCUT2D eigenvalue weighted by atomic mass is 9.98. The van der Waals surface area contributed by atoms with E-state index in [4.69, 9.17) is 23.7 Å². The maximum absolute atomic E-state index is 13.0. The van der Waals surface area contributed by atoms with Crippen LogP contribution in [0.15, 0.2) is 97.2 Å². The molecule has 1 heterocycles. The average Bonchev–Trinajstić information content (AvgIpc) is 3.31. The lowest BCUT2D eigenvalue weighted by Crippen LogP contribution is -2.61. The molecule has 0 amide bonds. The fraction of sp³-hybridized carbons (Fsp3) is 0.636. The average molecular weight is 939 g/mol. The Balaban J connectivity index is 2.80. The van der Waals surface area contributed by atoms with Crippen LogP contribution in [0.1, 0.15) is 175 Å². The number of carboxylic acids is 1. The predicted octanol–water partition coefficient (Wildman–Crippen LogP) is 11.8. The van der Waals surface area contributed by atoms with Crippen molar-refractivity contribution < 1.29 is 58.2 Å². The minimum atomic E-state index is -1.93. The number of ether oxygens (including phenoxy) is 5. The molecular formula is C55H86O12. The summed E-state index contributed by atoms with van der Waals surface area (Å²) in [6.07, 6.45) is 42.9. The van der Waals surface area contributed by atoms with Gasteiger partial charge in [-0.2, -0.15) is 0 Å². The quantitative estimate of drug-likeness (QED) is 0.0230. The van der Waals surface area contributed by atoms with E-state index in [9.17, 15) is 34.5 Å². The molecule has 1 rings (SSSR count). The molecule has 0 aromatic carbocycles. The normalized spacial score (nSPS) is 19.7. The molecule has 1 fully saturated rings. The van der Waals surface area contributed by atoms with E-state index in [-0.39, 0.29) is 25.9 Å². The standard InChI is InChI=1S/C55H86O12/c1-4-7-10-13-16-19-21-23-24-26-27-30-32-35-38-41-47(56)63-44-46(65-48(57)42-39-36-33-29-18-15-12-9-6-3)45-64-55-53(51(60)50(59)52(67-55)54(61)62)66-49(58)43-40-37-34-31-28-25-22-20-17-14-11-8-5-2/h7-8,10-11,16-17,19-20,23-25,27-28,30,34,37,46,50-53,55,59-60H,4-6,9,12-15,18,21-22,26,29,31-33,35-36,38-45H2,1-3H3,(H,61,62)/b10-7-,11-8-,19-16-,20-17-,24-23-,28-25-,30-27-,37-34-. The fourth-order valence-electron chi connectivity index (χ4n) is 6.84. The van der Waals surface area contributed by atoms with E-state index in [0.29, 0.717) is 25.7 Å². The van der Waals surface area contributed by atoms with Crippen LogP contribution in [0, 0.1) is 0 Å². The molecule has 3 N–H and O–H groups in total. The Morgan fingerprint density at radius 2 is 0.970 bits per heavy atom. The maximum Gasteiger partial charge on any atom is 0.335 e. The third-order valence-electron chi connectivity index (χ3n) is 10.7. The number of aliphatic hydroxyl groups excluding tert-OH is 2. The summed E-state index contributed by atoms with van der Waals surface area (Å²) in [6, 6.07) is 0. The van der Waals surface area contributed by atoms with Crippen LogP contribution in [0.3, 0.4) is 0 Å². The van der Waals surface area contributed by atoms with Gasteiger partial charge in [0.15, 0.2) is 24.6 Å². The Morgan fingerprint density at radius 3 is 1.49 bits per heavy atom. The molecule has 1 aliphatic rings. The maximum atomic E-state index is 13.0. The van der Waals surface area contributed by atoms with E-state index in [1.165, 1.54) is 32.1 Å². The molecule has 0 aliphatic carbocycles. The Bertz CT molecular complexity index is 1540. The van der Waals surface area contributed by atoms with Gasteiger partial charge in [0.25, 0.3) is 0 Å². The molecule has 1 saturated heterocycles. The van der Waals surface area contributed by atoms with Crippen LogP contribution in [0.25, 0.3) is 0 Å². The van der Waals surface area contributed by atoms with Crippen LogP contribution < -0.4 is 0 Å². The lowest BCUT2D eigenvalue weighted by molar-refractivity contribution is -0.301. The summed E-state index contributed by atoms with van der Waals surface area (Å²) in [5.41, 5.74) is 0. The summed E-state index contributed by atoms with van der Waals surface area (Å²) in [5, 5.41) is 31.2. The zero-order chi connectivity index (χ0) is 49.0. The largest absolute Gasteiger partial charge is 0.479 e. The van der Waals surface area contributed by atoms with Gasteiger partial charge in [0.05, 0.1) is 6.61 Å². The molecule has 378 valence electrons. The molecule has 0 saturated carbocycles. The topological polar surface area (TPSA) is 175 Å². The van der Waals surface area contributed by atoms with Crippen molar-refractivity contribution in [2.75, 3.05) is 13.2 Å². The van der Waals surface area contributed by atoms with Gasteiger partial charge in [-0.05, 0) is 83.5 Å². The second kappa shape index (κ2) is 43.0. The van der Waals surface area contributed by atoms with Crippen molar-refractivity contribution in [3.05, 3.63) is 97.2 Å². The Labute approximate surface area is 403 Å². The second-order valence-electron chi connectivity index (χ2n) is 16.7. The van der Waals surface area contributed by atoms with Crippen LogP contribution in [0.5, 0.6) is 0 Å². The highest BCUT2D eigenvalue weighted by Gasteiger charge is 2.50. The van der Waals surface area contributed by atoms with Crippen molar-refractivity contribution in [3.8, 4) is 0 Å². The van der Waals surface area contributed by atoms with Gasteiger partial charge >= 0.3 is 23.9 Å². The Hall–Kier alpha value is -4.36. The first-order valence-electron chi connectivity index (χ1n) is 25.2. The monoisotopic (exact) mass is 939 g/mol. The molecule has 1 aliphatic heterocycles. The van der Waals surface area contributed by atoms with Gasteiger partial charge in [-0.25, -0.2) is 4.79 Å². The number of carbonyl (C=O) groups is 4. The first-order valence-corrected chi connectivity index (χ1v) is 25.2. The van der Waals surface area contributed by atoms with Crippen LogP contribution in [0.2, 0.25) is 0 Å². The Kier molecular flexibility index (Phi) is 38.9. The third-order valence-corrected chi connectivity index (χ3v) is 10.7. The van der Waals surface area contributed by atoms with Gasteiger partial charge in [-0.15, -0.1) is 0 Å². The van der Waals surface area contributed by atoms with E-state index in [1.807, 2.05) is 18.2 Å². The molecule has 0 radical (unpaired) electrons. The molecular weight excluding hydrogens is 853 g/mol. The fourth-order valence-corrected chi connectivity index (χ4v) is 6.84. The predicted molar refractivity (Wildman–Crippen MR) is 266 cm³/mol. The van der Waals surface area contributed by atoms with Crippen LogP contribution in [-0.2, 0) is 42.9 Å². The summed E-state index contributed by atoms with van der Waals surface area (Å²) in [5.74, 6) is -3.30. The SMILES string of the molecule is CC/C=C\C/C=C\C/C=C\C/C=C\CCCCC(=O)OCC(COC1OC(C(=O)O)C(O)C(O)C1OC(=O)CC/C=C\C/C=C\C/C=C\C/C=C\CC)OC(=O)CCCCCCCCCCC. The molecule has 12 heteroatoms. The van der Waals surface area contributed by atoms with Crippen molar-refractivity contribution in [2.24, 2.45) is 0 Å². The van der Waals surface area contributed by atoms with E-state index in [0.717, 1.165) is 77.0 Å². The number of aliphatic carboxylic acids is 1. The number of rotatable bonds is 40. The minimum Gasteiger partial charge on any atom is -0.479 e. The highest BCUT2D eigenvalue weighted by molar-refractivity contribution is 5.74. The first kappa shape index (κ1) is 60.7. The van der Waals surface area contributed by atoms with Crippen molar-refractivity contribution in [3.63, 3.8) is 0 Å². The van der Waals surface area contributed by atoms with Gasteiger partial charge in [-0.1, -0.05) is 169 Å². The number of esters is 3. The molecule has 0 spiro atoms. The smallest absolute Gasteiger partial charge is 0.335 e. The van der Waals surface area contributed by atoms with Crippen LogP contribution in [-0.4, -0.2) is 89.2 Å². The first-order chi connectivity index (χ1) is 32.6. The van der Waals surface area contributed by atoms with E-state index < -0.39 is 67.3 Å². The van der Waals surface area contributed by atoms with Gasteiger partial charge in [0.2, 0.25) is 0 Å². The number of carbonyl (C=O) groups excluding carboxylic acids is 3. The van der Waals surface area contributed by atoms with Crippen LogP contribution >= 0.6 is 0 Å². The highest BCUT2D eigenvalue weighted by atomic mass is 16.7. The summed E-state index contributed by atoms with van der Waals surface area (Å²) >= 11 is 0. The molecule has 6 atom stereocenters. The Morgan fingerprint density at radius 1 is 0.507 bits per heavy atom. The van der Waals surface area contributed by atoms with Crippen molar-refractivity contribution in [1.29, 1.82) is 0 Å². The van der Waals surface area contributed by atoms with Gasteiger partial charge in [0.1, 0.15) is 18.8 Å². The van der Waals surface area contributed by atoms with Gasteiger partial charge in [-0.3, -0.25) is 14.4 Å². The minimum absolute atomic E-state index is 0.0683. The summed E-state index contributed by atoms with van der Waals surface area (Å²) in [4.78, 5) is 50.6. The molecule has 67 heavy (non-hydrogen) atoms. The molecule has 0 aromatic heterocycles. The third kappa shape index (κ3) is 33.7. The molecule has 0 aromatic rings. The number of hydrogen-bond donors (Lipinski definition) is 3. The number of unbranched alkanes of at least 4 members (excludes halogenated alkanes) is 10. The number of carboxylic acid groups (broad SMARTS) is 1. The summed E-state index contributed by atoms with van der Waals surface area (Å²) in [7, 11) is 0. The molecule has 12 nitrogen and oxygen atoms in total. The highest BCUT2D eigenvalue weighted by Crippen LogP contribution is 2.26. The number of aliphatic hydroxyl groups is 2. The molecule has 6 unspecified atom stereocenters. The van der Waals surface area contributed by atoms with E-state index >= 15 is 0 Å².